The zero-order valence-electron chi connectivity index (χ0n) is 11.5. The molecule has 0 saturated heterocycles. The van der Waals surface area contributed by atoms with E-state index in [1.807, 2.05) is 26.2 Å². The molecule has 2 heterocycles. The third kappa shape index (κ3) is 3.85. The summed E-state index contributed by atoms with van der Waals surface area (Å²) >= 11 is 12.7. The van der Waals surface area contributed by atoms with Crippen LogP contribution in [-0.4, -0.2) is 18.4 Å². The number of pyridine rings is 1. The number of nitrogens with one attached hydrogen (secondary N) is 1. The zero-order chi connectivity index (χ0) is 15.8. The van der Waals surface area contributed by atoms with Crippen LogP contribution in [0.1, 0.15) is 26.5 Å². The van der Waals surface area contributed by atoms with Crippen molar-refractivity contribution in [2.45, 2.75) is 31.1 Å². The Morgan fingerprint density at radius 2 is 1.95 bits per heavy atom. The second-order valence-corrected chi connectivity index (χ2v) is 8.64. The number of hydrogen-bond acceptors (Lipinski definition) is 5. The lowest BCUT2D eigenvalue weighted by Crippen LogP contribution is -2.15. The van der Waals surface area contributed by atoms with Gasteiger partial charge < -0.3 is 0 Å². The fraction of sp³-hybridized carbons (Fsp3) is 0.333. The van der Waals surface area contributed by atoms with E-state index in [1.165, 1.54) is 17.4 Å². The number of thiazole rings is 1. The normalized spacial score (nSPS) is 12.4. The van der Waals surface area contributed by atoms with Gasteiger partial charge in [0.05, 0.1) is 10.7 Å². The van der Waals surface area contributed by atoms with E-state index in [9.17, 15) is 8.42 Å². The molecule has 2 aromatic rings. The average molecular weight is 366 g/mol. The van der Waals surface area contributed by atoms with Gasteiger partial charge in [0.15, 0.2) is 5.13 Å². The largest absolute Gasteiger partial charge is 0.265 e. The topological polar surface area (TPSA) is 72.0 Å². The molecule has 0 aromatic carbocycles. The molecule has 21 heavy (non-hydrogen) atoms. The maximum Gasteiger partial charge on any atom is 0.265 e. The SMILES string of the molecule is CC(C)(C)c1csc(NS(=O)(=O)c2cnc(Cl)c(Cl)c2)n1. The lowest BCUT2D eigenvalue weighted by Gasteiger charge is -2.14. The molecular weight excluding hydrogens is 353 g/mol. The lowest BCUT2D eigenvalue weighted by molar-refractivity contribution is 0.573. The Hall–Kier alpha value is -0.890. The Kier molecular flexibility index (Phi) is 4.49. The van der Waals surface area contributed by atoms with Gasteiger partial charge in [-0.1, -0.05) is 44.0 Å². The fourth-order valence-corrected chi connectivity index (χ4v) is 3.88. The Morgan fingerprint density at radius 1 is 1.29 bits per heavy atom. The number of halogens is 2. The average Bonchev–Trinajstić information content (AvgIpc) is 2.80. The van der Waals surface area contributed by atoms with Gasteiger partial charge in [-0.25, -0.2) is 18.4 Å². The highest BCUT2D eigenvalue weighted by Crippen LogP contribution is 2.28. The Labute approximate surface area is 137 Å². The predicted molar refractivity (Wildman–Crippen MR) is 85.9 cm³/mol. The standard InChI is InChI=1S/C12H13Cl2N3O2S2/c1-12(2,3)9-6-20-11(16-9)17-21(18,19)7-4-8(13)10(14)15-5-7/h4-6H,1-3H3,(H,16,17). The number of anilines is 1. The summed E-state index contributed by atoms with van der Waals surface area (Å²) in [7, 11) is -3.79. The summed E-state index contributed by atoms with van der Waals surface area (Å²) in [5.74, 6) is 0. The molecular formula is C12H13Cl2N3O2S2. The molecule has 2 aromatic heterocycles. The van der Waals surface area contributed by atoms with E-state index < -0.39 is 10.0 Å². The molecule has 0 atom stereocenters. The van der Waals surface area contributed by atoms with Crippen molar-refractivity contribution >= 4 is 49.7 Å². The molecule has 0 spiro atoms. The van der Waals surface area contributed by atoms with Crippen LogP contribution >= 0.6 is 34.5 Å². The molecule has 5 nitrogen and oxygen atoms in total. The first-order valence-electron chi connectivity index (χ1n) is 5.89. The minimum Gasteiger partial charge on any atom is -0.255 e. The van der Waals surface area contributed by atoms with Crippen molar-refractivity contribution in [1.82, 2.24) is 9.97 Å². The van der Waals surface area contributed by atoms with Gasteiger partial charge >= 0.3 is 0 Å². The zero-order valence-corrected chi connectivity index (χ0v) is 14.7. The van der Waals surface area contributed by atoms with Crippen molar-refractivity contribution in [3.63, 3.8) is 0 Å². The molecule has 0 fully saturated rings. The maximum absolute atomic E-state index is 12.2. The van der Waals surface area contributed by atoms with E-state index >= 15 is 0 Å². The fourth-order valence-electron chi connectivity index (χ4n) is 1.39. The van der Waals surface area contributed by atoms with Crippen LogP contribution in [0.3, 0.4) is 0 Å². The number of nitrogens with zero attached hydrogens (tertiary/aromatic N) is 2. The molecule has 0 bridgehead atoms. The number of sulfonamides is 1. The van der Waals surface area contributed by atoms with Crippen molar-refractivity contribution in [2.75, 3.05) is 4.72 Å². The van der Waals surface area contributed by atoms with Crippen LogP contribution < -0.4 is 4.72 Å². The van der Waals surface area contributed by atoms with Crippen LogP contribution in [-0.2, 0) is 15.4 Å². The van der Waals surface area contributed by atoms with Crippen LogP contribution in [0.2, 0.25) is 10.2 Å². The highest BCUT2D eigenvalue weighted by molar-refractivity contribution is 7.93. The third-order valence-corrected chi connectivity index (χ3v) is 5.45. The van der Waals surface area contributed by atoms with Crippen LogP contribution in [0.4, 0.5) is 5.13 Å². The van der Waals surface area contributed by atoms with Crippen molar-refractivity contribution in [3.05, 3.63) is 33.5 Å². The number of aromatic nitrogens is 2. The highest BCUT2D eigenvalue weighted by atomic mass is 35.5. The smallest absolute Gasteiger partial charge is 0.255 e. The molecule has 0 radical (unpaired) electrons. The Bertz CT molecular complexity index is 767. The summed E-state index contributed by atoms with van der Waals surface area (Å²) in [6, 6.07) is 1.25. The second-order valence-electron chi connectivity index (χ2n) is 5.34. The molecule has 9 heteroatoms. The van der Waals surface area contributed by atoms with E-state index in [4.69, 9.17) is 23.2 Å². The molecule has 0 amide bonds. The van der Waals surface area contributed by atoms with Crippen molar-refractivity contribution in [2.24, 2.45) is 0 Å². The minimum atomic E-state index is -3.79. The summed E-state index contributed by atoms with van der Waals surface area (Å²) in [6.07, 6.45) is 1.15. The van der Waals surface area contributed by atoms with Gasteiger partial charge in [-0.05, 0) is 6.07 Å². The van der Waals surface area contributed by atoms with Gasteiger partial charge in [0.25, 0.3) is 10.0 Å². The van der Waals surface area contributed by atoms with Crippen molar-refractivity contribution in [3.8, 4) is 0 Å². The number of hydrogen-bond donors (Lipinski definition) is 1. The molecule has 0 saturated carbocycles. The second kappa shape index (κ2) is 5.72. The molecule has 0 aliphatic carbocycles. The van der Waals surface area contributed by atoms with Gasteiger partial charge in [0.2, 0.25) is 0 Å². The Morgan fingerprint density at radius 3 is 2.48 bits per heavy atom. The first-order valence-corrected chi connectivity index (χ1v) is 9.01. The summed E-state index contributed by atoms with van der Waals surface area (Å²) in [5.41, 5.74) is 0.670. The third-order valence-electron chi connectivity index (χ3n) is 2.58. The van der Waals surface area contributed by atoms with E-state index in [-0.39, 0.29) is 20.5 Å². The van der Waals surface area contributed by atoms with Gasteiger partial charge in [-0.2, -0.15) is 0 Å². The van der Waals surface area contributed by atoms with E-state index in [0.717, 1.165) is 11.9 Å². The summed E-state index contributed by atoms with van der Waals surface area (Å²) in [5, 5.41) is 2.25. The van der Waals surface area contributed by atoms with Crippen LogP contribution in [0.5, 0.6) is 0 Å². The van der Waals surface area contributed by atoms with E-state index in [0.29, 0.717) is 5.13 Å². The van der Waals surface area contributed by atoms with Crippen LogP contribution in [0.15, 0.2) is 22.5 Å². The van der Waals surface area contributed by atoms with Crippen LogP contribution in [0.25, 0.3) is 0 Å². The maximum atomic E-state index is 12.2. The summed E-state index contributed by atoms with van der Waals surface area (Å²) in [4.78, 5) is 7.94. The van der Waals surface area contributed by atoms with Gasteiger partial charge in [0.1, 0.15) is 10.0 Å². The first-order chi connectivity index (χ1) is 9.59. The highest BCUT2D eigenvalue weighted by Gasteiger charge is 2.21. The minimum absolute atomic E-state index is 0.0554. The molecule has 0 aliphatic heterocycles. The lowest BCUT2D eigenvalue weighted by atomic mass is 9.93. The van der Waals surface area contributed by atoms with Crippen molar-refractivity contribution < 1.29 is 8.42 Å². The molecule has 114 valence electrons. The van der Waals surface area contributed by atoms with Gasteiger partial charge in [0, 0.05) is 17.0 Å². The summed E-state index contributed by atoms with van der Waals surface area (Å²) in [6.45, 7) is 6.01. The molecule has 2 rings (SSSR count). The molecule has 0 unspecified atom stereocenters. The van der Waals surface area contributed by atoms with Gasteiger partial charge in [-0.3, -0.25) is 4.72 Å². The number of rotatable bonds is 3. The van der Waals surface area contributed by atoms with Gasteiger partial charge in [-0.15, -0.1) is 11.3 Å². The predicted octanol–water partition coefficient (Wildman–Crippen LogP) is 3.94. The van der Waals surface area contributed by atoms with Crippen LogP contribution in [0, 0.1) is 0 Å². The molecule has 1 N–H and O–H groups in total. The van der Waals surface area contributed by atoms with Crippen molar-refractivity contribution in [1.29, 1.82) is 0 Å². The first kappa shape index (κ1) is 16.5. The van der Waals surface area contributed by atoms with E-state index in [1.54, 1.807) is 0 Å². The molecule has 0 aliphatic rings. The summed E-state index contributed by atoms with van der Waals surface area (Å²) < 4.78 is 26.9. The monoisotopic (exact) mass is 365 g/mol. The quantitative estimate of drug-likeness (QED) is 0.835. The van der Waals surface area contributed by atoms with E-state index in [2.05, 4.69) is 14.7 Å². The Balaban J connectivity index is 2.29.